The molecule has 0 atom stereocenters. The fraction of sp³-hybridized carbons (Fsp3) is 0. The molecule has 0 saturated heterocycles. The molecule has 3 heteroatoms. The van der Waals surface area contributed by atoms with Crippen molar-refractivity contribution in [3.05, 3.63) is 71.7 Å². The summed E-state index contributed by atoms with van der Waals surface area (Å²) in [4.78, 5) is 12.2. The van der Waals surface area contributed by atoms with Gasteiger partial charge in [0.1, 0.15) is 17.7 Å². The van der Waals surface area contributed by atoms with E-state index in [4.69, 9.17) is 4.42 Å². The van der Waals surface area contributed by atoms with Gasteiger partial charge in [-0.1, -0.05) is 30.3 Å². The summed E-state index contributed by atoms with van der Waals surface area (Å²) in [5, 5.41) is 0.700. The third-order valence-corrected chi connectivity index (χ3v) is 2.84. The van der Waals surface area contributed by atoms with Crippen molar-refractivity contribution in [3.8, 4) is 0 Å². The molecule has 0 bridgehead atoms. The number of carbonyl (C=O) groups is 1. The monoisotopic (exact) mass is 240 g/mol. The van der Waals surface area contributed by atoms with E-state index in [2.05, 4.69) is 0 Å². The van der Waals surface area contributed by atoms with Gasteiger partial charge in [0.2, 0.25) is 0 Å². The van der Waals surface area contributed by atoms with Crippen molar-refractivity contribution in [2.45, 2.75) is 0 Å². The number of benzene rings is 2. The smallest absolute Gasteiger partial charge is 0.199 e. The van der Waals surface area contributed by atoms with Crippen molar-refractivity contribution in [3.63, 3.8) is 0 Å². The van der Waals surface area contributed by atoms with E-state index in [0.717, 1.165) is 0 Å². The van der Waals surface area contributed by atoms with Gasteiger partial charge >= 0.3 is 0 Å². The minimum atomic E-state index is -0.521. The van der Waals surface area contributed by atoms with Gasteiger partial charge in [0.15, 0.2) is 5.78 Å². The zero-order valence-electron chi connectivity index (χ0n) is 9.39. The van der Waals surface area contributed by atoms with Gasteiger partial charge in [-0.05, 0) is 18.2 Å². The molecule has 0 spiro atoms. The Hall–Kier alpha value is -2.42. The summed E-state index contributed by atoms with van der Waals surface area (Å²) in [6.45, 7) is 0. The van der Waals surface area contributed by atoms with Crippen LogP contribution in [0.3, 0.4) is 0 Å². The molecular weight excluding hydrogens is 231 g/mol. The molecule has 2 nitrogen and oxygen atoms in total. The molecule has 0 unspecified atom stereocenters. The van der Waals surface area contributed by atoms with E-state index < -0.39 is 5.82 Å². The molecule has 3 rings (SSSR count). The Morgan fingerprint density at radius 1 is 0.944 bits per heavy atom. The molecule has 0 aliphatic rings. The van der Waals surface area contributed by atoms with Gasteiger partial charge in [0, 0.05) is 5.39 Å². The van der Waals surface area contributed by atoms with Crippen LogP contribution in [-0.2, 0) is 0 Å². The quantitative estimate of drug-likeness (QED) is 0.638. The van der Waals surface area contributed by atoms with Crippen LogP contribution in [0.1, 0.15) is 15.9 Å². The normalized spacial score (nSPS) is 10.7. The second-order valence-electron chi connectivity index (χ2n) is 3.95. The van der Waals surface area contributed by atoms with Crippen LogP contribution in [0.15, 0.2) is 59.2 Å². The van der Waals surface area contributed by atoms with E-state index >= 15 is 0 Å². The Morgan fingerprint density at radius 3 is 2.50 bits per heavy atom. The second kappa shape index (κ2) is 4.11. The molecule has 0 amide bonds. The fourth-order valence-corrected chi connectivity index (χ4v) is 1.94. The topological polar surface area (TPSA) is 30.2 Å². The summed E-state index contributed by atoms with van der Waals surface area (Å²) in [7, 11) is 0. The molecule has 0 radical (unpaired) electrons. The van der Waals surface area contributed by atoms with Crippen molar-refractivity contribution in [1.29, 1.82) is 0 Å². The number of hydrogen-bond donors (Lipinski definition) is 0. The highest BCUT2D eigenvalue weighted by atomic mass is 19.1. The molecule has 88 valence electrons. The average Bonchev–Trinajstić information content (AvgIpc) is 2.82. The molecule has 3 aromatic rings. The molecule has 2 aromatic carbocycles. The van der Waals surface area contributed by atoms with Crippen molar-refractivity contribution >= 4 is 16.8 Å². The van der Waals surface area contributed by atoms with Gasteiger partial charge in [-0.3, -0.25) is 4.79 Å². The molecule has 1 heterocycles. The largest absolute Gasteiger partial charge is 0.464 e. The maximum absolute atomic E-state index is 13.6. The minimum absolute atomic E-state index is 0.0593. The van der Waals surface area contributed by atoms with Gasteiger partial charge in [-0.15, -0.1) is 0 Å². The number of hydrogen-bond acceptors (Lipinski definition) is 2. The summed E-state index contributed by atoms with van der Waals surface area (Å²) in [6, 6.07) is 13.1. The first-order chi connectivity index (χ1) is 8.77. The molecule has 1 aromatic heterocycles. The summed E-state index contributed by atoms with van der Waals surface area (Å²) in [5.74, 6) is -0.883. The van der Waals surface area contributed by atoms with E-state index in [1.54, 1.807) is 24.3 Å². The number of halogens is 1. The maximum Gasteiger partial charge on any atom is 0.199 e. The van der Waals surface area contributed by atoms with Crippen molar-refractivity contribution in [2.75, 3.05) is 0 Å². The first kappa shape index (κ1) is 10.7. The maximum atomic E-state index is 13.6. The van der Waals surface area contributed by atoms with E-state index in [1.165, 1.54) is 18.4 Å². The van der Waals surface area contributed by atoms with Crippen LogP contribution in [0.25, 0.3) is 11.0 Å². The Morgan fingerprint density at radius 2 is 1.67 bits per heavy atom. The first-order valence-corrected chi connectivity index (χ1v) is 5.53. The number of ketones is 1. The van der Waals surface area contributed by atoms with Gasteiger partial charge in [-0.25, -0.2) is 4.39 Å². The molecule has 0 saturated carbocycles. The molecule has 0 aliphatic carbocycles. The van der Waals surface area contributed by atoms with Crippen LogP contribution in [-0.4, -0.2) is 5.78 Å². The zero-order valence-corrected chi connectivity index (χ0v) is 9.39. The Kier molecular flexibility index (Phi) is 2.45. The standard InChI is InChI=1S/C15H9FO2/c16-13-7-3-1-6-11(13)15(17)12-9-18-14-8-4-2-5-10(12)14/h1-9H. The third kappa shape index (κ3) is 1.61. The van der Waals surface area contributed by atoms with Crippen molar-refractivity contribution in [2.24, 2.45) is 0 Å². The van der Waals surface area contributed by atoms with Gasteiger partial charge in [-0.2, -0.15) is 0 Å². The second-order valence-corrected chi connectivity index (χ2v) is 3.95. The molecule has 18 heavy (non-hydrogen) atoms. The van der Waals surface area contributed by atoms with E-state index in [0.29, 0.717) is 16.5 Å². The highest BCUT2D eigenvalue weighted by Gasteiger charge is 2.17. The van der Waals surface area contributed by atoms with Crippen molar-refractivity contribution < 1.29 is 13.6 Å². The lowest BCUT2D eigenvalue weighted by Gasteiger charge is -2.00. The summed E-state index contributed by atoms with van der Waals surface area (Å²) in [5.41, 5.74) is 1.07. The highest BCUT2D eigenvalue weighted by molar-refractivity contribution is 6.15. The Balaban J connectivity index is 2.16. The van der Waals surface area contributed by atoms with E-state index in [9.17, 15) is 9.18 Å². The number of para-hydroxylation sites is 1. The number of fused-ring (bicyclic) bond motifs is 1. The Labute approximate surface area is 103 Å². The van der Waals surface area contributed by atoms with Crippen LogP contribution in [0.4, 0.5) is 4.39 Å². The molecule has 0 aliphatic heterocycles. The predicted octanol–water partition coefficient (Wildman–Crippen LogP) is 3.80. The predicted molar refractivity (Wildman–Crippen MR) is 66.0 cm³/mol. The lowest BCUT2D eigenvalue weighted by atomic mass is 10.0. The van der Waals surface area contributed by atoms with E-state index in [1.807, 2.05) is 12.1 Å². The summed E-state index contributed by atoms with van der Waals surface area (Å²) in [6.07, 6.45) is 1.37. The molecule has 0 N–H and O–H groups in total. The highest BCUT2D eigenvalue weighted by Crippen LogP contribution is 2.24. The van der Waals surface area contributed by atoms with Gasteiger partial charge in [0.05, 0.1) is 11.1 Å². The van der Waals surface area contributed by atoms with Gasteiger partial charge in [0.25, 0.3) is 0 Å². The number of furan rings is 1. The average molecular weight is 240 g/mol. The number of carbonyl (C=O) groups excluding carboxylic acids is 1. The Bertz CT molecular complexity index is 728. The fourth-order valence-electron chi connectivity index (χ4n) is 1.94. The van der Waals surface area contributed by atoms with Crippen LogP contribution in [0.2, 0.25) is 0 Å². The van der Waals surface area contributed by atoms with Crippen LogP contribution < -0.4 is 0 Å². The van der Waals surface area contributed by atoms with Crippen LogP contribution in [0, 0.1) is 5.82 Å². The lowest BCUT2D eigenvalue weighted by Crippen LogP contribution is -2.03. The minimum Gasteiger partial charge on any atom is -0.464 e. The van der Waals surface area contributed by atoms with E-state index in [-0.39, 0.29) is 11.3 Å². The van der Waals surface area contributed by atoms with Crippen LogP contribution >= 0.6 is 0 Å². The van der Waals surface area contributed by atoms with Gasteiger partial charge < -0.3 is 4.42 Å². The molecular formula is C15H9FO2. The summed E-state index contributed by atoms with van der Waals surface area (Å²) < 4.78 is 18.9. The first-order valence-electron chi connectivity index (χ1n) is 5.53. The summed E-state index contributed by atoms with van der Waals surface area (Å²) >= 11 is 0. The van der Waals surface area contributed by atoms with Crippen molar-refractivity contribution in [1.82, 2.24) is 0 Å². The zero-order chi connectivity index (χ0) is 12.5. The SMILES string of the molecule is O=C(c1ccccc1F)c1coc2ccccc12. The van der Waals surface area contributed by atoms with Crippen LogP contribution in [0.5, 0.6) is 0 Å². The number of rotatable bonds is 2. The third-order valence-electron chi connectivity index (χ3n) is 2.84. The molecule has 0 fully saturated rings. The lowest BCUT2D eigenvalue weighted by molar-refractivity contribution is 0.103.